The fourth-order valence-electron chi connectivity index (χ4n) is 2.56. The average Bonchev–Trinajstić information content (AvgIpc) is 2.74. The lowest BCUT2D eigenvalue weighted by Crippen LogP contribution is -2.49. The second-order valence-electron chi connectivity index (χ2n) is 7.04. The average molecular weight is 468 g/mol. The van der Waals surface area contributed by atoms with Crippen LogP contribution in [-0.2, 0) is 19.2 Å². The van der Waals surface area contributed by atoms with Gasteiger partial charge in [0.25, 0.3) is 0 Å². The molecule has 176 valence electrons. The van der Waals surface area contributed by atoms with Crippen LogP contribution in [0.4, 0.5) is 0 Å². The molecule has 0 radical (unpaired) electrons. The Morgan fingerprint density at radius 2 is 1.81 bits per heavy atom. The van der Waals surface area contributed by atoms with Crippen LogP contribution in [0, 0.1) is 0 Å². The number of aliphatic carboxylic acids is 1. The van der Waals surface area contributed by atoms with Crippen LogP contribution in [0.5, 0.6) is 11.5 Å². The van der Waals surface area contributed by atoms with Crippen molar-refractivity contribution in [2.24, 2.45) is 0 Å². The molecule has 2 atom stereocenters. The summed E-state index contributed by atoms with van der Waals surface area (Å²) in [7, 11) is 0. The largest absolute Gasteiger partial charge is 0.504 e. The highest BCUT2D eigenvalue weighted by Crippen LogP contribution is 2.25. The van der Waals surface area contributed by atoms with Gasteiger partial charge in [-0.3, -0.25) is 19.2 Å². The number of phenolic OH excluding ortho intramolecular Hbond substituents is 2. The van der Waals surface area contributed by atoms with Gasteiger partial charge < -0.3 is 31.3 Å². The monoisotopic (exact) mass is 467 g/mol. The van der Waals surface area contributed by atoms with E-state index in [9.17, 15) is 29.4 Å². The third kappa shape index (κ3) is 10.7. The van der Waals surface area contributed by atoms with Crippen molar-refractivity contribution in [2.75, 3.05) is 18.6 Å². The van der Waals surface area contributed by atoms with Crippen LogP contribution in [0.2, 0.25) is 0 Å². The summed E-state index contributed by atoms with van der Waals surface area (Å²) in [6.07, 6.45) is 4.68. The number of benzene rings is 1. The summed E-state index contributed by atoms with van der Waals surface area (Å²) in [5.74, 6) is -2.64. The molecule has 0 spiro atoms. The molecule has 10 nitrogen and oxygen atoms in total. The van der Waals surface area contributed by atoms with Crippen LogP contribution in [0.15, 0.2) is 24.3 Å². The zero-order chi connectivity index (χ0) is 24.1. The van der Waals surface area contributed by atoms with Crippen LogP contribution < -0.4 is 16.0 Å². The number of carboxylic acids is 1. The van der Waals surface area contributed by atoms with Crippen molar-refractivity contribution < 1.29 is 34.5 Å². The maximum atomic E-state index is 12.4. The lowest BCUT2D eigenvalue weighted by molar-refractivity contribution is -0.138. The predicted molar refractivity (Wildman–Crippen MR) is 121 cm³/mol. The quantitative estimate of drug-likeness (QED) is 0.183. The molecule has 0 aromatic heterocycles. The van der Waals surface area contributed by atoms with Crippen molar-refractivity contribution in [3.05, 3.63) is 29.8 Å². The summed E-state index contributed by atoms with van der Waals surface area (Å²) in [5.41, 5.74) is 0.425. The lowest BCUT2D eigenvalue weighted by atomic mass is 10.1. The zero-order valence-electron chi connectivity index (χ0n) is 18.0. The summed E-state index contributed by atoms with van der Waals surface area (Å²) in [6, 6.07) is 2.75. The number of aromatic hydroxyl groups is 2. The van der Waals surface area contributed by atoms with Crippen LogP contribution in [0.25, 0.3) is 6.08 Å². The Hall–Kier alpha value is -3.21. The topological polar surface area (TPSA) is 165 Å². The maximum absolute atomic E-state index is 12.4. The molecule has 0 saturated carbocycles. The first-order valence-corrected chi connectivity index (χ1v) is 11.3. The predicted octanol–water partition coefficient (Wildman–Crippen LogP) is 0.835. The minimum atomic E-state index is -1.15. The normalized spacial score (nSPS) is 12.7. The Kier molecular flexibility index (Phi) is 11.7. The highest BCUT2D eigenvalue weighted by atomic mass is 32.2. The van der Waals surface area contributed by atoms with Gasteiger partial charge in [0.15, 0.2) is 11.5 Å². The molecular formula is C21H29N3O7S. The van der Waals surface area contributed by atoms with Crippen LogP contribution >= 0.6 is 11.8 Å². The molecular weight excluding hydrogens is 438 g/mol. The Morgan fingerprint density at radius 3 is 2.44 bits per heavy atom. The van der Waals surface area contributed by atoms with E-state index in [0.29, 0.717) is 5.56 Å². The molecule has 0 aliphatic heterocycles. The van der Waals surface area contributed by atoms with Crippen LogP contribution in [0.1, 0.15) is 31.7 Å². The molecule has 3 amide bonds. The minimum Gasteiger partial charge on any atom is -0.504 e. The molecule has 11 heteroatoms. The number of nitrogens with one attached hydrogen (secondary N) is 3. The number of hydrogen-bond acceptors (Lipinski definition) is 7. The van der Waals surface area contributed by atoms with Crippen LogP contribution in [-0.4, -0.2) is 69.6 Å². The summed E-state index contributed by atoms with van der Waals surface area (Å²) in [5, 5.41) is 35.3. The second kappa shape index (κ2) is 14.0. The van der Waals surface area contributed by atoms with Crippen molar-refractivity contribution in [3.8, 4) is 11.5 Å². The van der Waals surface area contributed by atoms with Gasteiger partial charge in [0, 0.05) is 18.5 Å². The molecule has 0 saturated heterocycles. The Labute approximate surface area is 190 Å². The lowest BCUT2D eigenvalue weighted by Gasteiger charge is -2.18. The van der Waals surface area contributed by atoms with Gasteiger partial charge in [-0.15, -0.1) is 0 Å². The molecule has 2 unspecified atom stereocenters. The van der Waals surface area contributed by atoms with E-state index < -0.39 is 23.8 Å². The van der Waals surface area contributed by atoms with E-state index in [0.717, 1.165) is 18.2 Å². The Balaban J connectivity index is 2.66. The van der Waals surface area contributed by atoms with Gasteiger partial charge >= 0.3 is 5.97 Å². The van der Waals surface area contributed by atoms with Crippen molar-refractivity contribution in [1.29, 1.82) is 0 Å². The first-order chi connectivity index (χ1) is 15.1. The van der Waals surface area contributed by atoms with Crippen LogP contribution in [0.3, 0.4) is 0 Å². The van der Waals surface area contributed by atoms with Crippen molar-refractivity contribution in [3.63, 3.8) is 0 Å². The van der Waals surface area contributed by atoms with E-state index in [1.54, 1.807) is 11.8 Å². The number of carbonyl (C=O) groups excluding carboxylic acids is 3. The van der Waals surface area contributed by atoms with Crippen molar-refractivity contribution in [1.82, 2.24) is 16.0 Å². The molecule has 1 rings (SSSR count). The molecule has 1 aromatic rings. The second-order valence-corrected chi connectivity index (χ2v) is 8.03. The third-order valence-electron chi connectivity index (χ3n) is 4.29. The summed E-state index contributed by atoms with van der Waals surface area (Å²) in [4.78, 5) is 47.5. The highest BCUT2D eigenvalue weighted by Gasteiger charge is 2.21. The summed E-state index contributed by atoms with van der Waals surface area (Å²) >= 11 is 1.66. The molecule has 32 heavy (non-hydrogen) atoms. The zero-order valence-corrected chi connectivity index (χ0v) is 18.8. The van der Waals surface area contributed by atoms with Crippen molar-refractivity contribution in [2.45, 2.75) is 38.3 Å². The first-order valence-electron chi connectivity index (χ1n) is 9.90. The number of thioether (sulfide) groups is 1. The number of phenols is 2. The minimum absolute atomic E-state index is 0.0566. The Morgan fingerprint density at radius 1 is 1.09 bits per heavy atom. The van der Waals surface area contributed by atoms with Gasteiger partial charge in [-0.1, -0.05) is 6.07 Å². The number of rotatable bonds is 13. The van der Waals surface area contributed by atoms with Gasteiger partial charge in [0.1, 0.15) is 6.04 Å². The van der Waals surface area contributed by atoms with Gasteiger partial charge in [0.05, 0.1) is 6.54 Å². The van der Waals surface area contributed by atoms with Gasteiger partial charge in [-0.25, -0.2) is 0 Å². The van der Waals surface area contributed by atoms with E-state index in [1.807, 2.05) is 13.2 Å². The van der Waals surface area contributed by atoms with E-state index in [-0.39, 0.29) is 42.8 Å². The first kappa shape index (κ1) is 26.8. The summed E-state index contributed by atoms with van der Waals surface area (Å²) in [6.45, 7) is 1.55. The standard InChI is InChI=1S/C21H29N3O7S/c1-13(9-10-32-2)23-19(28)12-22-21(31)15(5-8-20(29)30)24-18(27)7-4-14-3-6-16(25)17(26)11-14/h3-4,6-7,11,13,15,25-26H,5,8-10,12H2,1-2H3,(H,22,31)(H,23,28)(H,24,27)(H,29,30)/b7-4+. The SMILES string of the molecule is CSCCC(C)NC(=O)CNC(=O)C(CCC(=O)O)NC(=O)/C=C/c1ccc(O)c(O)c1. The van der Waals surface area contributed by atoms with E-state index in [2.05, 4.69) is 16.0 Å². The fourth-order valence-corrected chi connectivity index (χ4v) is 3.15. The number of hydrogen-bond donors (Lipinski definition) is 6. The van der Waals surface area contributed by atoms with Gasteiger partial charge in [-0.2, -0.15) is 11.8 Å². The molecule has 0 fully saturated rings. The van der Waals surface area contributed by atoms with Gasteiger partial charge in [0.2, 0.25) is 17.7 Å². The van der Waals surface area contributed by atoms with Gasteiger partial charge in [-0.05, 0) is 55.5 Å². The highest BCUT2D eigenvalue weighted by molar-refractivity contribution is 7.98. The smallest absolute Gasteiger partial charge is 0.303 e. The molecule has 6 N–H and O–H groups in total. The molecule has 1 aromatic carbocycles. The maximum Gasteiger partial charge on any atom is 0.303 e. The third-order valence-corrected chi connectivity index (χ3v) is 4.94. The molecule has 0 heterocycles. The number of carboxylic acid groups (broad SMARTS) is 1. The Bertz CT molecular complexity index is 845. The summed E-state index contributed by atoms with van der Waals surface area (Å²) < 4.78 is 0. The molecule has 0 aliphatic carbocycles. The van der Waals surface area contributed by atoms with E-state index >= 15 is 0 Å². The number of amides is 3. The molecule has 0 bridgehead atoms. The van der Waals surface area contributed by atoms with E-state index in [4.69, 9.17) is 5.11 Å². The number of carbonyl (C=O) groups is 4. The molecule has 0 aliphatic rings. The van der Waals surface area contributed by atoms with Crippen molar-refractivity contribution >= 4 is 41.5 Å². The van der Waals surface area contributed by atoms with E-state index in [1.165, 1.54) is 24.3 Å². The fraction of sp³-hybridized carbons (Fsp3) is 0.429.